The molecule has 1 aliphatic rings. The van der Waals surface area contributed by atoms with Crippen LogP contribution < -0.4 is 10.1 Å². The summed E-state index contributed by atoms with van der Waals surface area (Å²) in [4.78, 5) is 0. The summed E-state index contributed by atoms with van der Waals surface area (Å²) in [5.74, 6) is 1.06. The highest BCUT2D eigenvalue weighted by Crippen LogP contribution is 2.38. The zero-order valence-electron chi connectivity index (χ0n) is 13.2. The average Bonchev–Trinajstić information content (AvgIpc) is 2.87. The molecule has 2 rings (SSSR count). The lowest BCUT2D eigenvalue weighted by atomic mass is 9.89. The fraction of sp³-hybridized carbons (Fsp3) is 0.647. The molecular weight excluding hydrogens is 250 g/mol. The van der Waals surface area contributed by atoms with Gasteiger partial charge in [0.1, 0.15) is 5.75 Å². The van der Waals surface area contributed by atoms with Crippen molar-refractivity contribution >= 4 is 0 Å². The van der Waals surface area contributed by atoms with Crippen LogP contribution in [0, 0.1) is 0 Å². The van der Waals surface area contributed by atoms with Gasteiger partial charge in [0.2, 0.25) is 0 Å². The van der Waals surface area contributed by atoms with Crippen LogP contribution in [0.2, 0.25) is 0 Å². The van der Waals surface area contributed by atoms with E-state index in [0.29, 0.717) is 6.61 Å². The maximum Gasteiger partial charge on any atom is 0.127 e. The zero-order valence-corrected chi connectivity index (χ0v) is 13.2. The Morgan fingerprint density at radius 2 is 2.15 bits per heavy atom. The number of hydrogen-bond acceptors (Lipinski definition) is 3. The van der Waals surface area contributed by atoms with Gasteiger partial charge in [-0.05, 0) is 39.3 Å². The van der Waals surface area contributed by atoms with Crippen molar-refractivity contribution in [2.75, 3.05) is 19.8 Å². The van der Waals surface area contributed by atoms with Gasteiger partial charge >= 0.3 is 0 Å². The number of hydrogen-bond donors (Lipinski definition) is 1. The van der Waals surface area contributed by atoms with Gasteiger partial charge in [-0.3, -0.25) is 0 Å². The smallest absolute Gasteiger partial charge is 0.127 e. The van der Waals surface area contributed by atoms with E-state index in [-0.39, 0.29) is 11.6 Å². The minimum absolute atomic E-state index is 0.149. The van der Waals surface area contributed by atoms with Gasteiger partial charge in [-0.2, -0.15) is 0 Å². The maximum absolute atomic E-state index is 5.98. The van der Waals surface area contributed by atoms with E-state index >= 15 is 0 Å². The Morgan fingerprint density at radius 1 is 1.35 bits per heavy atom. The summed E-state index contributed by atoms with van der Waals surface area (Å²) in [5.41, 5.74) is 2.29. The van der Waals surface area contributed by atoms with Crippen LogP contribution in [0.1, 0.15) is 51.3 Å². The first-order valence-corrected chi connectivity index (χ1v) is 7.72. The molecule has 3 nitrogen and oxygen atoms in total. The Kier molecular flexibility index (Phi) is 5.06. The van der Waals surface area contributed by atoms with E-state index < -0.39 is 0 Å². The third kappa shape index (κ3) is 3.15. The fourth-order valence-corrected chi connectivity index (χ4v) is 2.94. The van der Waals surface area contributed by atoms with Crippen LogP contribution in [-0.4, -0.2) is 25.4 Å². The molecule has 0 fully saturated rings. The SMILES string of the molecule is CCCNC(c1cccc2c1OCC2)C(C)(C)OCC. The molecule has 0 aromatic heterocycles. The Balaban J connectivity index is 2.34. The predicted octanol–water partition coefficient (Wildman–Crippen LogP) is 3.48. The molecule has 1 aromatic carbocycles. The molecule has 1 atom stereocenters. The Hall–Kier alpha value is -1.06. The summed E-state index contributed by atoms with van der Waals surface area (Å²) in [7, 11) is 0. The van der Waals surface area contributed by atoms with Crippen LogP contribution in [0.15, 0.2) is 18.2 Å². The molecule has 0 saturated carbocycles. The second-order valence-electron chi connectivity index (χ2n) is 5.86. The van der Waals surface area contributed by atoms with Crippen molar-refractivity contribution in [1.29, 1.82) is 0 Å². The predicted molar refractivity (Wildman–Crippen MR) is 82.4 cm³/mol. The van der Waals surface area contributed by atoms with Gasteiger partial charge in [0.05, 0.1) is 18.2 Å². The highest BCUT2D eigenvalue weighted by Gasteiger charge is 2.34. The van der Waals surface area contributed by atoms with Crippen LogP contribution in [0.5, 0.6) is 5.75 Å². The maximum atomic E-state index is 5.98. The number of rotatable bonds is 7. The van der Waals surface area contributed by atoms with Crippen LogP contribution in [0.25, 0.3) is 0 Å². The molecule has 0 bridgehead atoms. The van der Waals surface area contributed by atoms with Crippen molar-refractivity contribution in [2.24, 2.45) is 0 Å². The monoisotopic (exact) mass is 277 g/mol. The molecule has 0 radical (unpaired) electrons. The number of para-hydroxylation sites is 1. The first-order valence-electron chi connectivity index (χ1n) is 7.72. The normalized spacial score (nSPS) is 15.8. The molecule has 0 spiro atoms. The molecule has 1 N–H and O–H groups in total. The van der Waals surface area contributed by atoms with E-state index in [4.69, 9.17) is 9.47 Å². The molecule has 1 unspecified atom stereocenters. The van der Waals surface area contributed by atoms with Crippen LogP contribution >= 0.6 is 0 Å². The van der Waals surface area contributed by atoms with E-state index in [2.05, 4.69) is 44.3 Å². The Morgan fingerprint density at radius 3 is 2.85 bits per heavy atom. The average molecular weight is 277 g/mol. The van der Waals surface area contributed by atoms with Crippen molar-refractivity contribution in [3.8, 4) is 5.75 Å². The van der Waals surface area contributed by atoms with Gasteiger partial charge in [-0.15, -0.1) is 0 Å². The summed E-state index contributed by atoms with van der Waals surface area (Å²) in [5, 5.41) is 3.64. The highest BCUT2D eigenvalue weighted by atomic mass is 16.5. The lowest BCUT2D eigenvalue weighted by Crippen LogP contribution is -2.42. The van der Waals surface area contributed by atoms with Gasteiger partial charge in [-0.25, -0.2) is 0 Å². The highest BCUT2D eigenvalue weighted by molar-refractivity contribution is 5.46. The molecule has 3 heteroatoms. The Labute approximate surface area is 122 Å². The third-order valence-electron chi connectivity index (χ3n) is 3.87. The lowest BCUT2D eigenvalue weighted by molar-refractivity contribution is -0.0396. The van der Waals surface area contributed by atoms with Crippen LogP contribution in [-0.2, 0) is 11.2 Å². The van der Waals surface area contributed by atoms with Gasteiger partial charge in [0, 0.05) is 18.6 Å². The fourth-order valence-electron chi connectivity index (χ4n) is 2.94. The van der Waals surface area contributed by atoms with Gasteiger partial charge in [-0.1, -0.05) is 25.1 Å². The van der Waals surface area contributed by atoms with Gasteiger partial charge in [0.15, 0.2) is 0 Å². The third-order valence-corrected chi connectivity index (χ3v) is 3.87. The Bertz CT molecular complexity index is 443. The number of nitrogens with one attached hydrogen (secondary N) is 1. The van der Waals surface area contributed by atoms with E-state index in [1.54, 1.807) is 0 Å². The topological polar surface area (TPSA) is 30.5 Å². The van der Waals surface area contributed by atoms with Crippen molar-refractivity contribution < 1.29 is 9.47 Å². The summed E-state index contributed by atoms with van der Waals surface area (Å²) in [6, 6.07) is 6.61. The number of ether oxygens (including phenoxy) is 2. The molecule has 112 valence electrons. The van der Waals surface area contributed by atoms with E-state index in [1.165, 1.54) is 11.1 Å². The minimum atomic E-state index is -0.259. The molecular formula is C17H27NO2. The van der Waals surface area contributed by atoms with Crippen molar-refractivity contribution in [3.05, 3.63) is 29.3 Å². The summed E-state index contributed by atoms with van der Waals surface area (Å²) >= 11 is 0. The molecule has 0 amide bonds. The largest absolute Gasteiger partial charge is 0.493 e. The summed E-state index contributed by atoms with van der Waals surface area (Å²) in [6.07, 6.45) is 2.12. The van der Waals surface area contributed by atoms with E-state index in [9.17, 15) is 0 Å². The number of fused-ring (bicyclic) bond motifs is 1. The number of benzene rings is 1. The van der Waals surface area contributed by atoms with Crippen molar-refractivity contribution in [3.63, 3.8) is 0 Å². The molecule has 0 saturated heterocycles. The van der Waals surface area contributed by atoms with Gasteiger partial charge < -0.3 is 14.8 Å². The van der Waals surface area contributed by atoms with Crippen molar-refractivity contribution in [2.45, 2.75) is 52.2 Å². The second-order valence-corrected chi connectivity index (χ2v) is 5.86. The quantitative estimate of drug-likeness (QED) is 0.827. The first kappa shape index (κ1) is 15.3. The standard InChI is InChI=1S/C17H27NO2/c1-5-11-18-16(17(3,4)20-6-2)14-9-7-8-13-10-12-19-15(13)14/h7-9,16,18H,5-6,10-12H2,1-4H3. The molecule has 0 aliphatic carbocycles. The summed E-state index contributed by atoms with van der Waals surface area (Å²) in [6.45, 7) is 11.0. The second kappa shape index (κ2) is 6.59. The van der Waals surface area contributed by atoms with Gasteiger partial charge in [0.25, 0.3) is 0 Å². The van der Waals surface area contributed by atoms with Crippen molar-refractivity contribution in [1.82, 2.24) is 5.32 Å². The van der Waals surface area contributed by atoms with Crippen LogP contribution in [0.3, 0.4) is 0 Å². The molecule has 1 aromatic rings. The van der Waals surface area contributed by atoms with Crippen LogP contribution in [0.4, 0.5) is 0 Å². The summed E-state index contributed by atoms with van der Waals surface area (Å²) < 4.78 is 11.9. The molecule has 20 heavy (non-hydrogen) atoms. The lowest BCUT2D eigenvalue weighted by Gasteiger charge is -2.36. The zero-order chi connectivity index (χ0) is 14.6. The molecule has 1 aliphatic heterocycles. The first-order chi connectivity index (χ1) is 9.60. The minimum Gasteiger partial charge on any atom is -0.493 e. The molecule has 1 heterocycles. The van der Waals surface area contributed by atoms with E-state index in [0.717, 1.165) is 31.7 Å². The van der Waals surface area contributed by atoms with E-state index in [1.807, 2.05) is 6.92 Å².